The standard InChI is InChI=1S/C13H16ClIN2/c14-12-10(15)11(8-6-7-8)16-13(17-12)9-4-2-1-3-5-9/h8-9H,1-7H2. The molecule has 3 rings (SSSR count). The molecule has 0 bridgehead atoms. The van der Waals surface area contributed by atoms with Crippen molar-refractivity contribution in [3.05, 3.63) is 20.2 Å². The maximum absolute atomic E-state index is 6.25. The van der Waals surface area contributed by atoms with Gasteiger partial charge >= 0.3 is 0 Å². The van der Waals surface area contributed by atoms with Crippen LogP contribution in [0.25, 0.3) is 0 Å². The molecule has 0 radical (unpaired) electrons. The first-order chi connectivity index (χ1) is 8.25. The average Bonchev–Trinajstić information content (AvgIpc) is 3.18. The molecule has 0 atom stereocenters. The average molecular weight is 363 g/mol. The van der Waals surface area contributed by atoms with Crippen molar-refractivity contribution in [2.75, 3.05) is 0 Å². The van der Waals surface area contributed by atoms with Gasteiger partial charge in [0.1, 0.15) is 11.0 Å². The molecule has 92 valence electrons. The quantitative estimate of drug-likeness (QED) is 0.565. The first kappa shape index (κ1) is 12.2. The van der Waals surface area contributed by atoms with Crippen LogP contribution < -0.4 is 0 Å². The number of aromatic nitrogens is 2. The minimum absolute atomic E-state index is 0.552. The summed E-state index contributed by atoms with van der Waals surface area (Å²) in [5.74, 6) is 2.22. The zero-order valence-electron chi connectivity index (χ0n) is 9.75. The number of nitrogens with zero attached hydrogens (tertiary/aromatic N) is 2. The SMILES string of the molecule is Clc1nc(C2CCCCC2)nc(C2CC2)c1I. The number of rotatable bonds is 2. The molecule has 0 saturated heterocycles. The number of hydrogen-bond donors (Lipinski definition) is 0. The Kier molecular flexibility index (Phi) is 3.57. The monoisotopic (exact) mass is 362 g/mol. The highest BCUT2D eigenvalue weighted by atomic mass is 127. The van der Waals surface area contributed by atoms with E-state index in [9.17, 15) is 0 Å². The number of hydrogen-bond acceptors (Lipinski definition) is 2. The van der Waals surface area contributed by atoms with Crippen LogP contribution in [0.3, 0.4) is 0 Å². The molecule has 2 saturated carbocycles. The largest absolute Gasteiger partial charge is 0.236 e. The third-order valence-electron chi connectivity index (χ3n) is 3.79. The summed E-state index contributed by atoms with van der Waals surface area (Å²) in [5, 5.41) is 0.670. The lowest BCUT2D eigenvalue weighted by atomic mass is 9.88. The summed E-state index contributed by atoms with van der Waals surface area (Å²) in [5.41, 5.74) is 1.21. The molecule has 1 aromatic rings. The van der Waals surface area contributed by atoms with Crippen molar-refractivity contribution in [2.24, 2.45) is 0 Å². The molecular formula is C13H16ClIN2. The van der Waals surface area contributed by atoms with Crippen molar-refractivity contribution in [2.45, 2.75) is 56.8 Å². The van der Waals surface area contributed by atoms with Crippen molar-refractivity contribution >= 4 is 34.2 Å². The normalized spacial score (nSPS) is 21.8. The first-order valence-corrected chi connectivity index (χ1v) is 7.94. The van der Waals surface area contributed by atoms with Gasteiger partial charge in [-0.3, -0.25) is 0 Å². The van der Waals surface area contributed by atoms with E-state index in [0.717, 1.165) is 9.39 Å². The van der Waals surface area contributed by atoms with Gasteiger partial charge in [-0.2, -0.15) is 0 Å². The molecule has 0 aromatic carbocycles. The summed E-state index contributed by atoms with van der Waals surface area (Å²) in [6.07, 6.45) is 9.01. The molecule has 0 N–H and O–H groups in total. The molecule has 2 nitrogen and oxygen atoms in total. The van der Waals surface area contributed by atoms with E-state index in [1.807, 2.05) is 0 Å². The predicted molar refractivity (Wildman–Crippen MR) is 77.6 cm³/mol. The zero-order chi connectivity index (χ0) is 11.8. The fourth-order valence-electron chi connectivity index (χ4n) is 2.62. The van der Waals surface area contributed by atoms with Gasteiger partial charge in [0.2, 0.25) is 0 Å². The highest BCUT2D eigenvalue weighted by Crippen LogP contribution is 2.43. The fraction of sp³-hybridized carbons (Fsp3) is 0.692. The molecule has 2 aliphatic carbocycles. The third kappa shape index (κ3) is 2.60. The van der Waals surface area contributed by atoms with Crippen LogP contribution >= 0.6 is 34.2 Å². The van der Waals surface area contributed by atoms with Crippen molar-refractivity contribution in [1.82, 2.24) is 9.97 Å². The Morgan fingerprint density at radius 1 is 0.941 bits per heavy atom. The van der Waals surface area contributed by atoms with E-state index in [1.165, 1.54) is 50.6 Å². The van der Waals surface area contributed by atoms with Crippen LogP contribution in [0, 0.1) is 3.57 Å². The van der Waals surface area contributed by atoms with Crippen molar-refractivity contribution in [3.8, 4) is 0 Å². The van der Waals surface area contributed by atoms with Gasteiger partial charge < -0.3 is 0 Å². The summed E-state index contributed by atoms with van der Waals surface area (Å²) in [4.78, 5) is 9.33. The smallest absolute Gasteiger partial charge is 0.146 e. The Hall–Kier alpha value is 0.100. The second-order valence-corrected chi connectivity index (χ2v) is 6.62. The third-order valence-corrected chi connectivity index (χ3v) is 5.44. The summed E-state index contributed by atoms with van der Waals surface area (Å²) in [6, 6.07) is 0. The fourth-order valence-corrected chi connectivity index (χ4v) is 3.49. The van der Waals surface area contributed by atoms with Gasteiger partial charge in [0.25, 0.3) is 0 Å². The minimum atomic E-state index is 0.552. The van der Waals surface area contributed by atoms with E-state index < -0.39 is 0 Å². The van der Waals surface area contributed by atoms with Gasteiger partial charge in [-0.15, -0.1) is 0 Å². The Balaban J connectivity index is 1.93. The molecule has 1 aromatic heterocycles. The van der Waals surface area contributed by atoms with E-state index in [4.69, 9.17) is 16.6 Å². The molecule has 0 amide bonds. The van der Waals surface area contributed by atoms with E-state index in [-0.39, 0.29) is 0 Å². The van der Waals surface area contributed by atoms with Crippen molar-refractivity contribution in [1.29, 1.82) is 0 Å². The van der Waals surface area contributed by atoms with Gasteiger partial charge in [0, 0.05) is 11.8 Å². The Labute approximate surface area is 121 Å². The van der Waals surface area contributed by atoms with Crippen LogP contribution in [0.5, 0.6) is 0 Å². The molecular weight excluding hydrogens is 347 g/mol. The Morgan fingerprint density at radius 3 is 2.29 bits per heavy atom. The lowest BCUT2D eigenvalue weighted by Gasteiger charge is -2.21. The summed E-state index contributed by atoms with van der Waals surface area (Å²) < 4.78 is 1.08. The maximum atomic E-state index is 6.25. The van der Waals surface area contributed by atoms with E-state index in [1.54, 1.807) is 0 Å². The van der Waals surface area contributed by atoms with Crippen LogP contribution in [0.2, 0.25) is 5.15 Å². The number of halogens is 2. The first-order valence-electron chi connectivity index (χ1n) is 6.48. The lowest BCUT2D eigenvalue weighted by molar-refractivity contribution is 0.427. The Bertz CT molecular complexity index is 426. The molecule has 17 heavy (non-hydrogen) atoms. The van der Waals surface area contributed by atoms with E-state index >= 15 is 0 Å². The molecule has 2 aliphatic rings. The lowest BCUT2D eigenvalue weighted by Crippen LogP contribution is -2.11. The van der Waals surface area contributed by atoms with Gasteiger partial charge in [0.15, 0.2) is 0 Å². The van der Waals surface area contributed by atoms with E-state index in [2.05, 4.69) is 27.6 Å². The second-order valence-electron chi connectivity index (χ2n) is 5.18. The van der Waals surface area contributed by atoms with Crippen LogP contribution in [0.1, 0.15) is 68.3 Å². The predicted octanol–water partition coefficient (Wildman–Crippen LogP) is 4.66. The van der Waals surface area contributed by atoms with Crippen LogP contribution in [-0.2, 0) is 0 Å². The highest BCUT2D eigenvalue weighted by molar-refractivity contribution is 14.1. The zero-order valence-corrected chi connectivity index (χ0v) is 12.7. The van der Waals surface area contributed by atoms with E-state index in [0.29, 0.717) is 17.0 Å². The van der Waals surface area contributed by atoms with Gasteiger partial charge in [-0.1, -0.05) is 30.9 Å². The van der Waals surface area contributed by atoms with Gasteiger partial charge in [0.05, 0.1) is 9.26 Å². The molecule has 0 aliphatic heterocycles. The van der Waals surface area contributed by atoms with Crippen molar-refractivity contribution in [3.63, 3.8) is 0 Å². The molecule has 1 heterocycles. The van der Waals surface area contributed by atoms with Crippen LogP contribution in [-0.4, -0.2) is 9.97 Å². The summed E-state index contributed by atoms with van der Waals surface area (Å²) in [7, 11) is 0. The molecule has 0 spiro atoms. The Morgan fingerprint density at radius 2 is 1.65 bits per heavy atom. The topological polar surface area (TPSA) is 25.8 Å². The second kappa shape index (κ2) is 5.00. The molecule has 4 heteroatoms. The van der Waals surface area contributed by atoms with Crippen molar-refractivity contribution < 1.29 is 0 Å². The van der Waals surface area contributed by atoms with Gasteiger partial charge in [-0.25, -0.2) is 9.97 Å². The minimum Gasteiger partial charge on any atom is -0.236 e. The van der Waals surface area contributed by atoms with Gasteiger partial charge in [-0.05, 0) is 48.3 Å². The summed E-state index contributed by atoms with van der Waals surface area (Å²) >= 11 is 8.54. The molecule has 0 unspecified atom stereocenters. The maximum Gasteiger partial charge on any atom is 0.146 e. The van der Waals surface area contributed by atoms with Crippen LogP contribution in [0.4, 0.5) is 0 Å². The summed E-state index contributed by atoms with van der Waals surface area (Å²) in [6.45, 7) is 0. The highest BCUT2D eigenvalue weighted by Gasteiger charge is 2.30. The van der Waals surface area contributed by atoms with Crippen LogP contribution in [0.15, 0.2) is 0 Å². The molecule has 2 fully saturated rings.